The Hall–Kier alpha value is -2.79. The minimum atomic E-state index is -0.506. The summed E-state index contributed by atoms with van der Waals surface area (Å²) in [7, 11) is 0. The van der Waals surface area contributed by atoms with Crippen LogP contribution >= 0.6 is 11.6 Å². The SMILES string of the molecule is Cc1c(C(=O)NCc2cccc(C(N)=O)c2)oc2ccc(Cl)cc12. The van der Waals surface area contributed by atoms with Gasteiger partial charge in [0.05, 0.1) is 0 Å². The van der Waals surface area contributed by atoms with Gasteiger partial charge in [-0.3, -0.25) is 9.59 Å². The molecule has 0 aliphatic carbocycles. The summed E-state index contributed by atoms with van der Waals surface area (Å²) in [6.07, 6.45) is 0. The van der Waals surface area contributed by atoms with Gasteiger partial charge in [-0.05, 0) is 42.8 Å². The van der Waals surface area contributed by atoms with Gasteiger partial charge in [0.2, 0.25) is 5.91 Å². The maximum absolute atomic E-state index is 12.4. The molecule has 122 valence electrons. The first kappa shape index (κ1) is 16.1. The largest absolute Gasteiger partial charge is 0.451 e. The first-order valence-electron chi connectivity index (χ1n) is 7.31. The molecule has 0 aliphatic rings. The van der Waals surface area contributed by atoms with Crippen molar-refractivity contribution in [2.75, 3.05) is 0 Å². The third-order valence-corrected chi connectivity index (χ3v) is 4.00. The molecule has 0 bridgehead atoms. The van der Waals surface area contributed by atoms with Crippen molar-refractivity contribution in [3.8, 4) is 0 Å². The van der Waals surface area contributed by atoms with Gasteiger partial charge in [-0.25, -0.2) is 0 Å². The molecule has 0 spiro atoms. The number of nitrogens with one attached hydrogen (secondary N) is 1. The van der Waals surface area contributed by atoms with Crippen LogP contribution in [0.15, 0.2) is 46.9 Å². The van der Waals surface area contributed by atoms with E-state index in [1.807, 2.05) is 6.92 Å². The molecule has 0 radical (unpaired) electrons. The second-order valence-corrected chi connectivity index (χ2v) is 5.88. The number of carbonyl (C=O) groups is 2. The third kappa shape index (κ3) is 3.12. The van der Waals surface area contributed by atoms with Crippen molar-refractivity contribution in [3.63, 3.8) is 0 Å². The van der Waals surface area contributed by atoms with E-state index in [0.717, 1.165) is 16.5 Å². The van der Waals surface area contributed by atoms with Crippen LogP contribution in [0.3, 0.4) is 0 Å². The van der Waals surface area contributed by atoms with Crippen LogP contribution in [0, 0.1) is 6.92 Å². The van der Waals surface area contributed by atoms with Crippen molar-refractivity contribution in [1.82, 2.24) is 5.32 Å². The van der Waals surface area contributed by atoms with E-state index >= 15 is 0 Å². The fourth-order valence-corrected chi connectivity index (χ4v) is 2.68. The molecule has 24 heavy (non-hydrogen) atoms. The number of primary amides is 1. The lowest BCUT2D eigenvalue weighted by atomic mass is 10.1. The van der Waals surface area contributed by atoms with Crippen LogP contribution < -0.4 is 11.1 Å². The van der Waals surface area contributed by atoms with E-state index in [4.69, 9.17) is 21.8 Å². The Labute approximate surface area is 143 Å². The second-order valence-electron chi connectivity index (χ2n) is 5.44. The zero-order chi connectivity index (χ0) is 17.3. The van der Waals surface area contributed by atoms with E-state index < -0.39 is 5.91 Å². The first-order valence-corrected chi connectivity index (χ1v) is 7.69. The molecule has 3 N–H and O–H groups in total. The monoisotopic (exact) mass is 342 g/mol. The maximum Gasteiger partial charge on any atom is 0.287 e. The highest BCUT2D eigenvalue weighted by Crippen LogP contribution is 2.27. The Morgan fingerprint density at radius 1 is 1.21 bits per heavy atom. The Balaban J connectivity index is 1.79. The molecule has 0 saturated heterocycles. The highest BCUT2D eigenvalue weighted by molar-refractivity contribution is 6.31. The second kappa shape index (κ2) is 6.37. The van der Waals surface area contributed by atoms with Crippen LogP contribution in [0.25, 0.3) is 11.0 Å². The number of amides is 2. The Morgan fingerprint density at radius 2 is 2.00 bits per heavy atom. The molecular weight excluding hydrogens is 328 g/mol. The molecule has 1 heterocycles. The van der Waals surface area contributed by atoms with Crippen LogP contribution in [0.4, 0.5) is 0 Å². The lowest BCUT2D eigenvalue weighted by Gasteiger charge is -2.05. The van der Waals surface area contributed by atoms with Gasteiger partial charge in [-0.2, -0.15) is 0 Å². The lowest BCUT2D eigenvalue weighted by molar-refractivity contribution is 0.0924. The van der Waals surface area contributed by atoms with E-state index in [0.29, 0.717) is 16.2 Å². The normalized spacial score (nSPS) is 10.8. The predicted molar refractivity (Wildman–Crippen MR) is 92.1 cm³/mol. The summed E-state index contributed by atoms with van der Waals surface area (Å²) in [6.45, 7) is 2.07. The van der Waals surface area contributed by atoms with Crippen molar-refractivity contribution in [2.24, 2.45) is 5.73 Å². The van der Waals surface area contributed by atoms with Gasteiger partial charge in [0.25, 0.3) is 5.91 Å². The summed E-state index contributed by atoms with van der Waals surface area (Å²) < 4.78 is 5.62. The van der Waals surface area contributed by atoms with Crippen molar-refractivity contribution in [2.45, 2.75) is 13.5 Å². The van der Waals surface area contributed by atoms with E-state index in [-0.39, 0.29) is 18.2 Å². The Kier molecular flexibility index (Phi) is 4.27. The molecule has 3 rings (SSSR count). The van der Waals surface area contributed by atoms with Gasteiger partial charge in [0.15, 0.2) is 5.76 Å². The highest BCUT2D eigenvalue weighted by atomic mass is 35.5. The fraction of sp³-hybridized carbons (Fsp3) is 0.111. The number of carbonyl (C=O) groups excluding carboxylic acids is 2. The van der Waals surface area contributed by atoms with Crippen LogP contribution in [-0.4, -0.2) is 11.8 Å². The van der Waals surface area contributed by atoms with E-state index in [1.54, 1.807) is 42.5 Å². The topological polar surface area (TPSA) is 85.3 Å². The molecule has 0 saturated carbocycles. The van der Waals surface area contributed by atoms with Crippen LogP contribution in [0.5, 0.6) is 0 Å². The van der Waals surface area contributed by atoms with Crippen molar-refractivity contribution in [1.29, 1.82) is 0 Å². The van der Waals surface area contributed by atoms with E-state index in [1.165, 1.54) is 0 Å². The van der Waals surface area contributed by atoms with Crippen LogP contribution in [-0.2, 0) is 6.54 Å². The standard InChI is InChI=1S/C18H15ClN2O3/c1-10-14-8-13(19)5-6-15(14)24-16(10)18(23)21-9-11-3-2-4-12(7-11)17(20)22/h2-8H,9H2,1H3,(H2,20,22)(H,21,23). The van der Waals surface area contributed by atoms with Gasteiger partial charge in [0, 0.05) is 28.1 Å². The molecule has 0 atom stereocenters. The van der Waals surface area contributed by atoms with Crippen molar-refractivity contribution >= 4 is 34.4 Å². The van der Waals surface area contributed by atoms with E-state index in [2.05, 4.69) is 5.32 Å². The van der Waals surface area contributed by atoms with Crippen LogP contribution in [0.1, 0.15) is 32.0 Å². The number of furan rings is 1. The lowest BCUT2D eigenvalue weighted by Crippen LogP contribution is -2.23. The molecule has 2 amide bonds. The minimum Gasteiger partial charge on any atom is -0.451 e. The zero-order valence-corrected chi connectivity index (χ0v) is 13.7. The number of nitrogens with two attached hydrogens (primary N) is 1. The molecule has 1 aromatic heterocycles. The molecule has 0 aliphatic heterocycles. The number of halogens is 1. The molecule has 0 unspecified atom stereocenters. The first-order chi connectivity index (χ1) is 11.5. The summed E-state index contributed by atoms with van der Waals surface area (Å²) in [4.78, 5) is 23.6. The van der Waals surface area contributed by atoms with Crippen LogP contribution in [0.2, 0.25) is 5.02 Å². The minimum absolute atomic E-state index is 0.248. The summed E-state index contributed by atoms with van der Waals surface area (Å²) >= 11 is 5.98. The molecule has 2 aromatic carbocycles. The number of aryl methyl sites for hydroxylation is 1. The molecule has 0 fully saturated rings. The smallest absolute Gasteiger partial charge is 0.287 e. The highest BCUT2D eigenvalue weighted by Gasteiger charge is 2.17. The molecule has 6 heteroatoms. The summed E-state index contributed by atoms with van der Waals surface area (Å²) in [5.41, 5.74) is 7.77. The Bertz CT molecular complexity index is 947. The van der Waals surface area contributed by atoms with Gasteiger partial charge < -0.3 is 15.5 Å². The Morgan fingerprint density at radius 3 is 2.75 bits per heavy atom. The summed E-state index contributed by atoms with van der Waals surface area (Å²) in [6, 6.07) is 12.0. The average molecular weight is 343 g/mol. The number of hydrogen-bond donors (Lipinski definition) is 2. The average Bonchev–Trinajstić information content (AvgIpc) is 2.89. The summed E-state index contributed by atoms with van der Waals surface area (Å²) in [5.74, 6) is -0.587. The number of rotatable bonds is 4. The van der Waals surface area contributed by atoms with Gasteiger partial charge >= 0.3 is 0 Å². The van der Waals surface area contributed by atoms with Gasteiger partial charge in [-0.15, -0.1) is 0 Å². The number of fused-ring (bicyclic) bond motifs is 1. The molecular formula is C18H15ClN2O3. The third-order valence-electron chi connectivity index (χ3n) is 3.77. The van der Waals surface area contributed by atoms with Gasteiger partial charge in [0.1, 0.15) is 5.58 Å². The maximum atomic E-state index is 12.4. The number of benzene rings is 2. The van der Waals surface area contributed by atoms with Gasteiger partial charge in [-0.1, -0.05) is 23.7 Å². The fourth-order valence-electron chi connectivity index (χ4n) is 2.51. The molecule has 5 nitrogen and oxygen atoms in total. The quantitative estimate of drug-likeness (QED) is 0.761. The number of hydrogen-bond acceptors (Lipinski definition) is 3. The zero-order valence-electron chi connectivity index (χ0n) is 12.9. The molecule has 3 aromatic rings. The predicted octanol–water partition coefficient (Wildman–Crippen LogP) is 3.42. The van der Waals surface area contributed by atoms with Crippen molar-refractivity contribution in [3.05, 3.63) is 69.9 Å². The summed E-state index contributed by atoms with van der Waals surface area (Å²) in [5, 5.41) is 4.17. The van der Waals surface area contributed by atoms with Crippen molar-refractivity contribution < 1.29 is 14.0 Å². The van der Waals surface area contributed by atoms with E-state index in [9.17, 15) is 9.59 Å².